The standard InChI is InChI=1S/C11H14ClF2NO3.ClH/c1-17-7-4-3-6(8(12)9(7)18-2)10(15)11(13,14)5-16;/h3-4,10,16H,5,15H2,1-2H3;1H/t10-;/m0./s1. The summed E-state index contributed by atoms with van der Waals surface area (Å²) in [6.45, 7) is -1.36. The maximum atomic E-state index is 13.3. The molecule has 110 valence electrons. The van der Waals surface area contributed by atoms with Crippen molar-refractivity contribution < 1.29 is 23.4 Å². The normalized spacial score (nSPS) is 12.6. The van der Waals surface area contributed by atoms with E-state index >= 15 is 0 Å². The fourth-order valence-electron chi connectivity index (χ4n) is 1.47. The average Bonchev–Trinajstić information content (AvgIpc) is 2.37. The van der Waals surface area contributed by atoms with Crippen LogP contribution in [0.4, 0.5) is 8.78 Å². The van der Waals surface area contributed by atoms with E-state index in [2.05, 4.69) is 0 Å². The lowest BCUT2D eigenvalue weighted by atomic mass is 10.0. The summed E-state index contributed by atoms with van der Waals surface area (Å²) in [5.74, 6) is -3.03. The minimum absolute atomic E-state index is 0. The van der Waals surface area contributed by atoms with Gasteiger partial charge in [0.1, 0.15) is 6.61 Å². The van der Waals surface area contributed by atoms with Crippen molar-refractivity contribution in [3.05, 3.63) is 22.7 Å². The van der Waals surface area contributed by atoms with Gasteiger partial charge in [-0.1, -0.05) is 17.7 Å². The van der Waals surface area contributed by atoms with E-state index in [1.165, 1.54) is 26.4 Å². The molecule has 0 spiro atoms. The maximum absolute atomic E-state index is 13.3. The van der Waals surface area contributed by atoms with Crippen LogP contribution in [0.5, 0.6) is 11.5 Å². The molecule has 0 fully saturated rings. The smallest absolute Gasteiger partial charge is 0.289 e. The highest BCUT2D eigenvalue weighted by Gasteiger charge is 2.39. The molecule has 1 aromatic carbocycles. The summed E-state index contributed by atoms with van der Waals surface area (Å²) in [5, 5.41) is 8.56. The molecule has 4 nitrogen and oxygen atoms in total. The summed E-state index contributed by atoms with van der Waals surface area (Å²) in [6.07, 6.45) is 0. The van der Waals surface area contributed by atoms with Crippen LogP contribution in [0.3, 0.4) is 0 Å². The first-order valence-electron chi connectivity index (χ1n) is 5.03. The number of aliphatic hydroxyl groups is 1. The molecular weight excluding hydrogens is 303 g/mol. The van der Waals surface area contributed by atoms with Crippen molar-refractivity contribution >= 4 is 24.0 Å². The molecule has 3 N–H and O–H groups in total. The zero-order valence-corrected chi connectivity index (χ0v) is 11.9. The van der Waals surface area contributed by atoms with E-state index in [0.29, 0.717) is 5.75 Å². The second kappa shape index (κ2) is 7.09. The highest BCUT2D eigenvalue weighted by atomic mass is 35.5. The van der Waals surface area contributed by atoms with Gasteiger partial charge in [0.15, 0.2) is 11.5 Å². The third-order valence-corrected chi connectivity index (χ3v) is 2.91. The van der Waals surface area contributed by atoms with Gasteiger partial charge >= 0.3 is 0 Å². The quantitative estimate of drug-likeness (QED) is 0.875. The first-order chi connectivity index (χ1) is 8.38. The largest absolute Gasteiger partial charge is 0.493 e. The average molecular weight is 318 g/mol. The predicted octanol–water partition coefficient (Wildman–Crippen LogP) is 2.41. The lowest BCUT2D eigenvalue weighted by Gasteiger charge is -2.23. The number of benzene rings is 1. The molecule has 0 aliphatic rings. The molecule has 0 aliphatic heterocycles. The summed E-state index contributed by atoms with van der Waals surface area (Å²) in [6, 6.07) is 1.01. The van der Waals surface area contributed by atoms with Crippen LogP contribution in [0.25, 0.3) is 0 Å². The number of hydrogen-bond donors (Lipinski definition) is 2. The number of halogens is 4. The second-order valence-electron chi connectivity index (χ2n) is 3.60. The SMILES string of the molecule is COc1ccc([C@H](N)C(F)(F)CO)c(Cl)c1OC.Cl. The van der Waals surface area contributed by atoms with Crippen LogP contribution >= 0.6 is 24.0 Å². The Morgan fingerprint density at radius 3 is 2.37 bits per heavy atom. The van der Waals surface area contributed by atoms with Crippen LogP contribution in [-0.2, 0) is 0 Å². The predicted molar refractivity (Wildman–Crippen MR) is 70.8 cm³/mol. The monoisotopic (exact) mass is 317 g/mol. The fraction of sp³-hybridized carbons (Fsp3) is 0.455. The van der Waals surface area contributed by atoms with Gasteiger partial charge in [-0.25, -0.2) is 8.78 Å². The molecule has 1 rings (SSSR count). The molecule has 0 heterocycles. The van der Waals surface area contributed by atoms with E-state index in [1.54, 1.807) is 0 Å². The summed E-state index contributed by atoms with van der Waals surface area (Å²) in [5.41, 5.74) is 5.39. The topological polar surface area (TPSA) is 64.7 Å². The van der Waals surface area contributed by atoms with Gasteiger partial charge in [-0.3, -0.25) is 0 Å². The Kier molecular flexibility index (Phi) is 6.79. The number of alkyl halides is 2. The molecule has 8 heteroatoms. The van der Waals surface area contributed by atoms with E-state index in [0.717, 1.165) is 0 Å². The van der Waals surface area contributed by atoms with Gasteiger partial charge in [-0.15, -0.1) is 12.4 Å². The highest BCUT2D eigenvalue weighted by Crippen LogP contribution is 2.42. The third kappa shape index (κ3) is 3.60. The summed E-state index contributed by atoms with van der Waals surface area (Å²) < 4.78 is 36.6. The minimum Gasteiger partial charge on any atom is -0.493 e. The lowest BCUT2D eigenvalue weighted by molar-refractivity contribution is -0.0711. The van der Waals surface area contributed by atoms with Gasteiger partial charge in [-0.2, -0.15) is 0 Å². The van der Waals surface area contributed by atoms with Crippen molar-refractivity contribution in [1.82, 2.24) is 0 Å². The molecule has 0 radical (unpaired) electrons. The number of nitrogens with two attached hydrogens (primary N) is 1. The zero-order chi connectivity index (χ0) is 13.9. The van der Waals surface area contributed by atoms with Crippen LogP contribution in [0.1, 0.15) is 11.6 Å². The lowest BCUT2D eigenvalue weighted by Crippen LogP contribution is -2.36. The number of ether oxygens (including phenoxy) is 2. The van der Waals surface area contributed by atoms with Gasteiger partial charge < -0.3 is 20.3 Å². The zero-order valence-electron chi connectivity index (χ0n) is 10.3. The Morgan fingerprint density at radius 1 is 1.37 bits per heavy atom. The summed E-state index contributed by atoms with van der Waals surface area (Å²) in [7, 11) is 2.74. The van der Waals surface area contributed by atoms with E-state index in [1.807, 2.05) is 0 Å². The van der Waals surface area contributed by atoms with Gasteiger partial charge in [0, 0.05) is 0 Å². The van der Waals surface area contributed by atoms with Crippen molar-refractivity contribution in [2.24, 2.45) is 5.73 Å². The number of hydrogen-bond acceptors (Lipinski definition) is 4. The fourth-order valence-corrected chi connectivity index (χ4v) is 1.82. The van der Waals surface area contributed by atoms with Crippen LogP contribution in [0, 0.1) is 0 Å². The van der Waals surface area contributed by atoms with E-state index in [-0.39, 0.29) is 28.7 Å². The maximum Gasteiger partial charge on any atom is 0.289 e. The Morgan fingerprint density at radius 2 is 1.95 bits per heavy atom. The molecule has 0 aliphatic carbocycles. The number of methoxy groups -OCH3 is 2. The first-order valence-corrected chi connectivity index (χ1v) is 5.41. The Labute approximate surface area is 120 Å². The molecule has 1 atom stereocenters. The molecule has 0 saturated carbocycles. The summed E-state index contributed by atoms with van der Waals surface area (Å²) in [4.78, 5) is 0. The van der Waals surface area contributed by atoms with E-state index < -0.39 is 18.6 Å². The molecule has 0 unspecified atom stereocenters. The van der Waals surface area contributed by atoms with Crippen LogP contribution < -0.4 is 15.2 Å². The Hall–Kier alpha value is -0.820. The third-order valence-electron chi connectivity index (χ3n) is 2.52. The van der Waals surface area contributed by atoms with Crippen LogP contribution in [0.2, 0.25) is 5.02 Å². The molecule has 1 aromatic rings. The molecule has 0 amide bonds. The van der Waals surface area contributed by atoms with Crippen molar-refractivity contribution in [3.63, 3.8) is 0 Å². The Bertz CT molecular complexity index is 433. The molecule has 0 saturated heterocycles. The van der Waals surface area contributed by atoms with Crippen molar-refractivity contribution in [2.75, 3.05) is 20.8 Å². The molecule has 19 heavy (non-hydrogen) atoms. The van der Waals surface area contributed by atoms with Gasteiger partial charge in [-0.05, 0) is 11.6 Å². The number of aliphatic hydroxyl groups excluding tert-OH is 1. The molecular formula is C11H15Cl2F2NO3. The van der Waals surface area contributed by atoms with E-state index in [4.69, 9.17) is 31.9 Å². The van der Waals surface area contributed by atoms with E-state index in [9.17, 15) is 8.78 Å². The first kappa shape index (κ1) is 18.2. The second-order valence-corrected chi connectivity index (χ2v) is 3.98. The van der Waals surface area contributed by atoms with Crippen molar-refractivity contribution in [3.8, 4) is 11.5 Å². The highest BCUT2D eigenvalue weighted by molar-refractivity contribution is 6.33. The van der Waals surface area contributed by atoms with Gasteiger partial charge in [0.05, 0.1) is 25.3 Å². The van der Waals surface area contributed by atoms with Crippen LogP contribution in [-0.4, -0.2) is 31.9 Å². The van der Waals surface area contributed by atoms with Crippen molar-refractivity contribution in [2.45, 2.75) is 12.0 Å². The van der Waals surface area contributed by atoms with Crippen molar-refractivity contribution in [1.29, 1.82) is 0 Å². The molecule has 0 aromatic heterocycles. The van der Waals surface area contributed by atoms with Crippen LogP contribution in [0.15, 0.2) is 12.1 Å². The Balaban J connectivity index is 0.00000324. The minimum atomic E-state index is -3.47. The summed E-state index contributed by atoms with van der Waals surface area (Å²) >= 11 is 5.95. The number of rotatable bonds is 5. The molecule has 0 bridgehead atoms. The van der Waals surface area contributed by atoms with Gasteiger partial charge in [0.2, 0.25) is 0 Å². The van der Waals surface area contributed by atoms with Gasteiger partial charge in [0.25, 0.3) is 5.92 Å².